The lowest BCUT2D eigenvalue weighted by atomic mass is 9.92. The summed E-state index contributed by atoms with van der Waals surface area (Å²) in [6.45, 7) is 7.35. The monoisotopic (exact) mass is 404 g/mol. The number of carbonyl (C=O) groups excluding carboxylic acids is 1. The first-order chi connectivity index (χ1) is 13.6. The van der Waals surface area contributed by atoms with Gasteiger partial charge in [-0.2, -0.15) is 4.99 Å². The van der Waals surface area contributed by atoms with Gasteiger partial charge in [-0.25, -0.2) is 4.39 Å². The zero-order valence-electron chi connectivity index (χ0n) is 17.0. The van der Waals surface area contributed by atoms with Gasteiger partial charge in [0.2, 0.25) is 0 Å². The average molecular weight is 404 g/mol. The maximum absolute atomic E-state index is 14.2. The van der Waals surface area contributed by atoms with Crippen LogP contribution in [0.4, 0.5) is 10.1 Å². The molecule has 9 heteroatoms. The van der Waals surface area contributed by atoms with Crippen molar-refractivity contribution in [3.63, 3.8) is 0 Å². The van der Waals surface area contributed by atoms with E-state index in [9.17, 15) is 19.3 Å². The number of aromatic nitrogens is 2. The number of nitro groups is 1. The van der Waals surface area contributed by atoms with Crippen LogP contribution in [0.2, 0.25) is 0 Å². The quantitative estimate of drug-likeness (QED) is 0.578. The number of halogens is 1. The third kappa shape index (κ3) is 4.45. The first-order valence-electron chi connectivity index (χ1n) is 9.50. The molecule has 1 aromatic heterocycles. The summed E-state index contributed by atoms with van der Waals surface area (Å²) in [7, 11) is 1.88. The predicted octanol–water partition coefficient (Wildman–Crippen LogP) is 3.09. The third-order valence-corrected chi connectivity index (χ3v) is 5.02. The molecule has 8 nitrogen and oxygen atoms in total. The summed E-state index contributed by atoms with van der Waals surface area (Å²) in [5, 5.41) is 11.0. The second kappa shape index (κ2) is 7.90. The Bertz CT molecular complexity index is 1010. The molecule has 1 saturated heterocycles. The SMILES string of the molecule is Cn1c(C(C)(C)C)c/c(=N\C(=O)c2cc([N+](=O)[O-])ccc2F)n1C[C@H]1CCCO1. The normalized spacial score (nSPS) is 17.7. The standard InChI is InChI=1S/C20H25FN4O4/c1-20(2,3)17-11-18(24(23(17)4)12-14-6-5-9-29-14)22-19(26)15-10-13(25(27)28)7-8-16(15)21/h7-8,10-11,14H,5-6,9,12H2,1-4H3/b22-18+/t14-/m1/s1. The van der Waals surface area contributed by atoms with Crippen LogP contribution >= 0.6 is 0 Å². The van der Waals surface area contributed by atoms with Crippen LogP contribution in [0.5, 0.6) is 0 Å². The van der Waals surface area contributed by atoms with Crippen LogP contribution in [0.15, 0.2) is 29.3 Å². The molecule has 0 bridgehead atoms. The van der Waals surface area contributed by atoms with E-state index >= 15 is 0 Å². The third-order valence-electron chi connectivity index (χ3n) is 5.02. The Balaban J connectivity index is 2.08. The van der Waals surface area contributed by atoms with Gasteiger partial charge in [-0.05, 0) is 18.9 Å². The van der Waals surface area contributed by atoms with E-state index in [-0.39, 0.29) is 17.2 Å². The molecule has 0 aliphatic carbocycles. The zero-order valence-corrected chi connectivity index (χ0v) is 17.0. The summed E-state index contributed by atoms with van der Waals surface area (Å²) < 4.78 is 23.6. The van der Waals surface area contributed by atoms with E-state index in [1.165, 1.54) is 0 Å². The fraction of sp³-hybridized carbons (Fsp3) is 0.500. The lowest BCUT2D eigenvalue weighted by Crippen LogP contribution is -2.30. The van der Waals surface area contributed by atoms with Crippen molar-refractivity contribution in [3.05, 3.63) is 56.9 Å². The highest BCUT2D eigenvalue weighted by Gasteiger charge is 2.24. The van der Waals surface area contributed by atoms with Crippen LogP contribution in [0.25, 0.3) is 0 Å². The summed E-state index contributed by atoms with van der Waals surface area (Å²) in [4.78, 5) is 27.1. The van der Waals surface area contributed by atoms with Crippen LogP contribution in [-0.2, 0) is 23.7 Å². The van der Waals surface area contributed by atoms with E-state index in [0.29, 0.717) is 18.6 Å². The summed E-state index contributed by atoms with van der Waals surface area (Å²) in [5.41, 5.74) is 0.315. The number of nitrogens with zero attached hydrogens (tertiary/aromatic N) is 4. The summed E-state index contributed by atoms with van der Waals surface area (Å²) in [6.07, 6.45) is 1.90. The Morgan fingerprint density at radius 1 is 1.38 bits per heavy atom. The van der Waals surface area contributed by atoms with Crippen LogP contribution in [0.3, 0.4) is 0 Å². The van der Waals surface area contributed by atoms with Crippen LogP contribution < -0.4 is 5.49 Å². The Labute approximate surface area is 167 Å². The minimum atomic E-state index is -0.863. The molecule has 0 saturated carbocycles. The van der Waals surface area contributed by atoms with E-state index in [1.807, 2.05) is 37.2 Å². The summed E-state index contributed by atoms with van der Waals surface area (Å²) in [5.74, 6) is -1.71. The van der Waals surface area contributed by atoms with E-state index in [2.05, 4.69) is 4.99 Å². The number of nitro benzene ring substituents is 1. The molecule has 0 N–H and O–H groups in total. The minimum Gasteiger partial charge on any atom is -0.376 e. The van der Waals surface area contributed by atoms with Crippen molar-refractivity contribution < 1.29 is 18.8 Å². The average Bonchev–Trinajstić information content (AvgIpc) is 3.25. The number of amides is 1. The largest absolute Gasteiger partial charge is 0.376 e. The van der Waals surface area contributed by atoms with Gasteiger partial charge in [-0.3, -0.25) is 24.3 Å². The molecule has 0 spiro atoms. The second-order valence-corrected chi connectivity index (χ2v) is 8.22. The van der Waals surface area contributed by atoms with Crippen molar-refractivity contribution in [1.29, 1.82) is 0 Å². The van der Waals surface area contributed by atoms with E-state index in [4.69, 9.17) is 4.74 Å². The number of ether oxygens (including phenoxy) is 1. The van der Waals surface area contributed by atoms with Gasteiger partial charge in [-0.15, -0.1) is 0 Å². The lowest BCUT2D eigenvalue weighted by Gasteiger charge is -2.21. The molecule has 0 unspecified atom stereocenters. The molecule has 3 rings (SSSR count). The van der Waals surface area contributed by atoms with Gasteiger partial charge >= 0.3 is 0 Å². The van der Waals surface area contributed by atoms with Crippen LogP contribution in [0, 0.1) is 15.9 Å². The van der Waals surface area contributed by atoms with Gasteiger partial charge in [-0.1, -0.05) is 20.8 Å². The Hall–Kier alpha value is -2.81. The number of hydrogen-bond donors (Lipinski definition) is 0. The molecule has 0 radical (unpaired) electrons. The molecule has 1 aliphatic rings. The first-order valence-corrected chi connectivity index (χ1v) is 9.50. The van der Waals surface area contributed by atoms with Gasteiger partial charge in [0, 0.05) is 43.0 Å². The highest BCUT2D eigenvalue weighted by Crippen LogP contribution is 2.22. The Morgan fingerprint density at radius 2 is 2.10 bits per heavy atom. The highest BCUT2D eigenvalue weighted by molar-refractivity contribution is 5.95. The van der Waals surface area contributed by atoms with Gasteiger partial charge in [0.05, 0.1) is 23.1 Å². The number of hydrogen-bond acceptors (Lipinski definition) is 4. The fourth-order valence-electron chi connectivity index (χ4n) is 3.52. The van der Waals surface area contributed by atoms with Gasteiger partial charge in [0.1, 0.15) is 5.82 Å². The molecule has 1 aromatic carbocycles. The minimum absolute atomic E-state index is 0.0139. The smallest absolute Gasteiger partial charge is 0.282 e. The number of benzene rings is 1. The fourth-order valence-corrected chi connectivity index (χ4v) is 3.52. The van der Waals surface area contributed by atoms with Gasteiger partial charge in [0.15, 0.2) is 5.49 Å². The molecule has 1 fully saturated rings. The number of non-ortho nitro benzene ring substituents is 1. The predicted molar refractivity (Wildman–Crippen MR) is 104 cm³/mol. The lowest BCUT2D eigenvalue weighted by molar-refractivity contribution is -0.384. The van der Waals surface area contributed by atoms with Crippen LogP contribution in [-0.4, -0.2) is 32.9 Å². The molecule has 2 aromatic rings. The maximum atomic E-state index is 14.2. The van der Waals surface area contributed by atoms with Crippen molar-refractivity contribution in [2.45, 2.75) is 51.7 Å². The molecule has 156 valence electrons. The first kappa shape index (κ1) is 20.9. The van der Waals surface area contributed by atoms with E-state index < -0.39 is 22.2 Å². The molecular weight excluding hydrogens is 379 g/mol. The second-order valence-electron chi connectivity index (χ2n) is 8.22. The van der Waals surface area contributed by atoms with Crippen molar-refractivity contribution in [3.8, 4) is 0 Å². The molecule has 1 aliphatic heterocycles. The Morgan fingerprint density at radius 3 is 2.69 bits per heavy atom. The summed E-state index contributed by atoms with van der Waals surface area (Å²) >= 11 is 0. The topological polar surface area (TPSA) is 91.7 Å². The van der Waals surface area contributed by atoms with Crippen molar-refractivity contribution in [2.24, 2.45) is 12.0 Å². The molecule has 1 amide bonds. The summed E-state index contributed by atoms with van der Waals surface area (Å²) in [6, 6.07) is 4.64. The Kier molecular flexibility index (Phi) is 5.70. The highest BCUT2D eigenvalue weighted by atomic mass is 19.1. The molecule has 1 atom stereocenters. The maximum Gasteiger partial charge on any atom is 0.282 e. The van der Waals surface area contributed by atoms with Crippen molar-refractivity contribution in [2.75, 3.05) is 6.61 Å². The van der Waals surface area contributed by atoms with Gasteiger partial charge < -0.3 is 4.74 Å². The number of rotatable bonds is 4. The van der Waals surface area contributed by atoms with E-state index in [1.54, 1.807) is 6.07 Å². The van der Waals surface area contributed by atoms with Crippen molar-refractivity contribution in [1.82, 2.24) is 9.36 Å². The zero-order chi connectivity index (χ0) is 21.3. The molecule has 2 heterocycles. The molecular formula is C20H25FN4O4. The number of carbonyl (C=O) groups is 1. The van der Waals surface area contributed by atoms with E-state index in [0.717, 1.165) is 36.7 Å². The van der Waals surface area contributed by atoms with Crippen LogP contribution in [0.1, 0.15) is 49.7 Å². The molecule has 29 heavy (non-hydrogen) atoms. The van der Waals surface area contributed by atoms with Gasteiger partial charge in [0.25, 0.3) is 11.6 Å². The van der Waals surface area contributed by atoms with Crippen molar-refractivity contribution >= 4 is 11.6 Å².